The lowest BCUT2D eigenvalue weighted by molar-refractivity contribution is 0.126. The van der Waals surface area contributed by atoms with Crippen LogP contribution in [-0.4, -0.2) is 37.1 Å². The molecule has 0 amide bonds. The fourth-order valence-electron chi connectivity index (χ4n) is 2.86. The van der Waals surface area contributed by atoms with Gasteiger partial charge in [-0.3, -0.25) is 0 Å². The van der Waals surface area contributed by atoms with Gasteiger partial charge in [-0.2, -0.15) is 0 Å². The molecule has 1 saturated heterocycles. The van der Waals surface area contributed by atoms with Crippen LogP contribution in [0.25, 0.3) is 0 Å². The molecule has 1 heterocycles. The molecule has 1 aliphatic heterocycles. The summed E-state index contributed by atoms with van der Waals surface area (Å²) in [7, 11) is 0. The van der Waals surface area contributed by atoms with Crippen molar-refractivity contribution in [2.45, 2.75) is 59.4 Å². The van der Waals surface area contributed by atoms with Crippen LogP contribution in [0.3, 0.4) is 0 Å². The molecule has 1 rings (SSSR count). The summed E-state index contributed by atoms with van der Waals surface area (Å²) in [6, 6.07) is 0.738. The lowest BCUT2D eigenvalue weighted by Gasteiger charge is -2.36. The Kier molecular flexibility index (Phi) is 7.14. The van der Waals surface area contributed by atoms with E-state index in [9.17, 15) is 0 Å². The Morgan fingerprint density at radius 2 is 2.06 bits per heavy atom. The fourth-order valence-corrected chi connectivity index (χ4v) is 2.86. The molecule has 3 atom stereocenters. The lowest BCUT2D eigenvalue weighted by Crippen LogP contribution is -2.44. The standard InChI is InChI=1S/C15H32N2/c1-5-10-17(14(4)13(3)6-2)12-15-8-7-9-16-11-15/h13-16H,5-12H2,1-4H3. The van der Waals surface area contributed by atoms with E-state index >= 15 is 0 Å². The van der Waals surface area contributed by atoms with E-state index in [-0.39, 0.29) is 0 Å². The number of hydrogen-bond acceptors (Lipinski definition) is 2. The van der Waals surface area contributed by atoms with Crippen LogP contribution < -0.4 is 5.32 Å². The molecule has 0 saturated carbocycles. The van der Waals surface area contributed by atoms with Gasteiger partial charge in [-0.1, -0.05) is 27.2 Å². The maximum absolute atomic E-state index is 3.54. The minimum absolute atomic E-state index is 0.738. The topological polar surface area (TPSA) is 15.3 Å². The minimum Gasteiger partial charge on any atom is -0.316 e. The maximum Gasteiger partial charge on any atom is 0.00925 e. The fraction of sp³-hybridized carbons (Fsp3) is 1.00. The second-order valence-electron chi connectivity index (χ2n) is 5.83. The molecule has 0 aromatic heterocycles. The Morgan fingerprint density at radius 1 is 1.29 bits per heavy atom. The number of nitrogens with zero attached hydrogens (tertiary/aromatic N) is 1. The quantitative estimate of drug-likeness (QED) is 0.735. The van der Waals surface area contributed by atoms with Crippen molar-refractivity contribution in [2.24, 2.45) is 11.8 Å². The first-order valence-electron chi connectivity index (χ1n) is 7.63. The summed E-state index contributed by atoms with van der Waals surface area (Å²) in [5.41, 5.74) is 0. The first-order valence-corrected chi connectivity index (χ1v) is 7.63. The Labute approximate surface area is 108 Å². The van der Waals surface area contributed by atoms with Gasteiger partial charge in [0.25, 0.3) is 0 Å². The molecule has 1 N–H and O–H groups in total. The number of hydrogen-bond donors (Lipinski definition) is 1. The highest BCUT2D eigenvalue weighted by Gasteiger charge is 2.22. The molecule has 0 bridgehead atoms. The zero-order valence-corrected chi connectivity index (χ0v) is 12.3. The van der Waals surface area contributed by atoms with Crippen LogP contribution in [-0.2, 0) is 0 Å². The van der Waals surface area contributed by atoms with E-state index in [2.05, 4.69) is 37.9 Å². The Hall–Kier alpha value is -0.0800. The summed E-state index contributed by atoms with van der Waals surface area (Å²) in [4.78, 5) is 2.73. The number of nitrogens with one attached hydrogen (secondary N) is 1. The predicted molar refractivity (Wildman–Crippen MR) is 76.4 cm³/mol. The molecule has 0 aromatic rings. The third-order valence-electron chi connectivity index (χ3n) is 4.45. The van der Waals surface area contributed by atoms with Gasteiger partial charge in [0.2, 0.25) is 0 Å². The van der Waals surface area contributed by atoms with E-state index in [1.54, 1.807) is 0 Å². The SMILES string of the molecule is CCCN(CC1CCCNC1)C(C)C(C)CC. The summed E-state index contributed by atoms with van der Waals surface area (Å²) < 4.78 is 0. The highest BCUT2D eigenvalue weighted by molar-refractivity contribution is 4.78. The zero-order valence-electron chi connectivity index (χ0n) is 12.3. The zero-order chi connectivity index (χ0) is 12.7. The summed E-state index contributed by atoms with van der Waals surface area (Å²) in [6.45, 7) is 14.4. The van der Waals surface area contributed by atoms with Gasteiger partial charge < -0.3 is 10.2 Å². The van der Waals surface area contributed by atoms with E-state index in [1.807, 2.05) is 0 Å². The molecule has 2 heteroatoms. The average molecular weight is 240 g/mol. The van der Waals surface area contributed by atoms with Crippen LogP contribution >= 0.6 is 0 Å². The van der Waals surface area contributed by atoms with Crippen LogP contribution in [0.4, 0.5) is 0 Å². The number of rotatable bonds is 7. The highest BCUT2D eigenvalue weighted by Crippen LogP contribution is 2.19. The maximum atomic E-state index is 3.54. The molecule has 0 aromatic carbocycles. The van der Waals surface area contributed by atoms with Gasteiger partial charge in [0.05, 0.1) is 0 Å². The Bertz CT molecular complexity index is 187. The third-order valence-corrected chi connectivity index (χ3v) is 4.45. The molecule has 102 valence electrons. The molecular weight excluding hydrogens is 208 g/mol. The molecule has 1 aliphatic rings. The largest absolute Gasteiger partial charge is 0.316 e. The number of piperidine rings is 1. The van der Waals surface area contributed by atoms with E-state index in [0.29, 0.717) is 0 Å². The molecular formula is C15H32N2. The second-order valence-corrected chi connectivity index (χ2v) is 5.83. The minimum atomic E-state index is 0.738. The van der Waals surface area contributed by atoms with Crippen LogP contribution in [0.2, 0.25) is 0 Å². The molecule has 0 spiro atoms. The highest BCUT2D eigenvalue weighted by atomic mass is 15.2. The molecule has 17 heavy (non-hydrogen) atoms. The van der Waals surface area contributed by atoms with E-state index in [1.165, 1.54) is 51.9 Å². The van der Waals surface area contributed by atoms with Crippen LogP contribution in [0.5, 0.6) is 0 Å². The summed E-state index contributed by atoms with van der Waals surface area (Å²) in [6.07, 6.45) is 5.36. The van der Waals surface area contributed by atoms with Crippen molar-refractivity contribution >= 4 is 0 Å². The van der Waals surface area contributed by atoms with Crippen molar-refractivity contribution in [1.82, 2.24) is 10.2 Å². The van der Waals surface area contributed by atoms with Crippen molar-refractivity contribution in [1.29, 1.82) is 0 Å². The Morgan fingerprint density at radius 3 is 2.59 bits per heavy atom. The van der Waals surface area contributed by atoms with Gasteiger partial charge in [-0.15, -0.1) is 0 Å². The monoisotopic (exact) mass is 240 g/mol. The predicted octanol–water partition coefficient (Wildman–Crippen LogP) is 3.13. The smallest absolute Gasteiger partial charge is 0.00925 e. The van der Waals surface area contributed by atoms with E-state index in [4.69, 9.17) is 0 Å². The van der Waals surface area contributed by atoms with Gasteiger partial charge in [0.15, 0.2) is 0 Å². The lowest BCUT2D eigenvalue weighted by atomic mass is 9.95. The normalized spacial score (nSPS) is 24.9. The van der Waals surface area contributed by atoms with Crippen LogP contribution in [0, 0.1) is 11.8 Å². The average Bonchev–Trinajstić information content (AvgIpc) is 2.37. The first-order chi connectivity index (χ1) is 8.19. The molecule has 2 nitrogen and oxygen atoms in total. The van der Waals surface area contributed by atoms with Crippen molar-refractivity contribution in [3.63, 3.8) is 0 Å². The van der Waals surface area contributed by atoms with Gasteiger partial charge in [0.1, 0.15) is 0 Å². The van der Waals surface area contributed by atoms with Crippen molar-refractivity contribution in [3.05, 3.63) is 0 Å². The van der Waals surface area contributed by atoms with Crippen molar-refractivity contribution < 1.29 is 0 Å². The Balaban J connectivity index is 2.45. The van der Waals surface area contributed by atoms with Gasteiger partial charge in [-0.05, 0) is 57.7 Å². The molecule has 0 aliphatic carbocycles. The van der Waals surface area contributed by atoms with Gasteiger partial charge >= 0.3 is 0 Å². The summed E-state index contributed by atoms with van der Waals surface area (Å²) in [5.74, 6) is 1.69. The van der Waals surface area contributed by atoms with E-state index in [0.717, 1.165) is 17.9 Å². The molecule has 3 unspecified atom stereocenters. The first kappa shape index (κ1) is 15.0. The van der Waals surface area contributed by atoms with Gasteiger partial charge in [-0.25, -0.2) is 0 Å². The van der Waals surface area contributed by atoms with Crippen molar-refractivity contribution in [3.8, 4) is 0 Å². The summed E-state index contributed by atoms with van der Waals surface area (Å²) >= 11 is 0. The second kappa shape index (κ2) is 8.10. The van der Waals surface area contributed by atoms with Gasteiger partial charge in [0, 0.05) is 12.6 Å². The summed E-state index contributed by atoms with van der Waals surface area (Å²) in [5, 5.41) is 3.54. The van der Waals surface area contributed by atoms with Crippen LogP contribution in [0.1, 0.15) is 53.4 Å². The molecule has 1 fully saturated rings. The molecule has 0 radical (unpaired) electrons. The van der Waals surface area contributed by atoms with Crippen LogP contribution in [0.15, 0.2) is 0 Å². The third kappa shape index (κ3) is 4.97. The van der Waals surface area contributed by atoms with Crippen molar-refractivity contribution in [2.75, 3.05) is 26.2 Å². The van der Waals surface area contributed by atoms with E-state index < -0.39 is 0 Å².